The van der Waals surface area contributed by atoms with Crippen molar-refractivity contribution in [2.45, 2.75) is 56.9 Å². The molecule has 1 saturated heterocycles. The Morgan fingerprint density at radius 3 is 2.45 bits per heavy atom. The SMILES string of the molecule is CN(CCC1CCCCC1)C(=O)C1(N)CCOCC1.Cl. The second-order valence-electron chi connectivity index (χ2n) is 6.29. The van der Waals surface area contributed by atoms with Crippen molar-refractivity contribution in [1.82, 2.24) is 4.90 Å². The average Bonchev–Trinajstić information content (AvgIpc) is 2.46. The molecule has 1 amide bonds. The van der Waals surface area contributed by atoms with E-state index in [1.807, 2.05) is 11.9 Å². The van der Waals surface area contributed by atoms with Gasteiger partial charge in [-0.2, -0.15) is 0 Å². The fourth-order valence-electron chi connectivity index (χ4n) is 3.28. The Morgan fingerprint density at radius 2 is 1.85 bits per heavy atom. The van der Waals surface area contributed by atoms with Crippen LogP contribution in [0, 0.1) is 5.92 Å². The molecule has 1 aliphatic carbocycles. The molecule has 0 unspecified atom stereocenters. The lowest BCUT2D eigenvalue weighted by atomic mass is 9.86. The highest BCUT2D eigenvalue weighted by Crippen LogP contribution is 2.27. The summed E-state index contributed by atoms with van der Waals surface area (Å²) >= 11 is 0. The van der Waals surface area contributed by atoms with Gasteiger partial charge in [0, 0.05) is 26.8 Å². The van der Waals surface area contributed by atoms with Gasteiger partial charge in [-0.1, -0.05) is 32.1 Å². The quantitative estimate of drug-likeness (QED) is 0.867. The zero-order valence-corrected chi connectivity index (χ0v) is 13.4. The molecule has 0 atom stereocenters. The molecule has 0 aromatic heterocycles. The van der Waals surface area contributed by atoms with E-state index in [4.69, 9.17) is 10.5 Å². The van der Waals surface area contributed by atoms with Crippen molar-refractivity contribution in [3.05, 3.63) is 0 Å². The van der Waals surface area contributed by atoms with Crippen LogP contribution in [0.4, 0.5) is 0 Å². The Balaban J connectivity index is 0.00000200. The van der Waals surface area contributed by atoms with E-state index in [0.29, 0.717) is 26.1 Å². The topological polar surface area (TPSA) is 55.6 Å². The molecule has 4 nitrogen and oxygen atoms in total. The van der Waals surface area contributed by atoms with Gasteiger partial charge in [0.25, 0.3) is 0 Å². The van der Waals surface area contributed by atoms with Gasteiger partial charge in [-0.25, -0.2) is 0 Å². The first-order valence-corrected chi connectivity index (χ1v) is 7.74. The number of ether oxygens (including phenoxy) is 1. The summed E-state index contributed by atoms with van der Waals surface area (Å²) in [4.78, 5) is 14.3. The fourth-order valence-corrected chi connectivity index (χ4v) is 3.28. The number of nitrogens with zero attached hydrogens (tertiary/aromatic N) is 1. The lowest BCUT2D eigenvalue weighted by Gasteiger charge is -2.35. The standard InChI is InChI=1S/C15H28N2O2.ClH/c1-17(10-7-13-5-3-2-4-6-13)14(18)15(16)8-11-19-12-9-15;/h13H,2-12,16H2,1H3;1H. The number of hydrogen-bond donors (Lipinski definition) is 1. The third-order valence-electron chi connectivity index (χ3n) is 4.76. The first-order valence-electron chi connectivity index (χ1n) is 7.74. The van der Waals surface area contributed by atoms with E-state index in [2.05, 4.69) is 0 Å². The van der Waals surface area contributed by atoms with Gasteiger partial charge in [-0.05, 0) is 25.2 Å². The summed E-state index contributed by atoms with van der Waals surface area (Å²) in [7, 11) is 1.90. The van der Waals surface area contributed by atoms with Crippen LogP contribution < -0.4 is 5.73 Å². The Kier molecular flexibility index (Phi) is 7.27. The fraction of sp³-hybridized carbons (Fsp3) is 0.933. The van der Waals surface area contributed by atoms with E-state index in [1.54, 1.807) is 0 Å². The van der Waals surface area contributed by atoms with Crippen LogP contribution in [0.15, 0.2) is 0 Å². The van der Waals surface area contributed by atoms with Gasteiger partial charge in [0.05, 0.1) is 5.54 Å². The third kappa shape index (κ3) is 4.61. The van der Waals surface area contributed by atoms with Crippen molar-refractivity contribution < 1.29 is 9.53 Å². The minimum Gasteiger partial charge on any atom is -0.381 e. The van der Waals surface area contributed by atoms with Crippen molar-refractivity contribution >= 4 is 18.3 Å². The molecule has 0 radical (unpaired) electrons. The maximum Gasteiger partial charge on any atom is 0.242 e. The predicted octanol–water partition coefficient (Wildman–Crippen LogP) is 2.34. The molecule has 0 aromatic rings. The van der Waals surface area contributed by atoms with Crippen LogP contribution in [0.5, 0.6) is 0 Å². The van der Waals surface area contributed by atoms with Gasteiger partial charge in [0.1, 0.15) is 0 Å². The van der Waals surface area contributed by atoms with E-state index in [9.17, 15) is 4.79 Å². The number of carbonyl (C=O) groups excluding carboxylic acids is 1. The maximum absolute atomic E-state index is 12.4. The second kappa shape index (κ2) is 8.20. The van der Waals surface area contributed by atoms with E-state index < -0.39 is 5.54 Å². The zero-order chi connectivity index (χ0) is 13.7. The van der Waals surface area contributed by atoms with E-state index in [1.165, 1.54) is 32.1 Å². The second-order valence-corrected chi connectivity index (χ2v) is 6.29. The molecule has 0 aromatic carbocycles. The molecular formula is C15H29ClN2O2. The Hall–Kier alpha value is -0.320. The van der Waals surface area contributed by atoms with Crippen molar-refractivity contribution in [3.8, 4) is 0 Å². The van der Waals surface area contributed by atoms with Crippen molar-refractivity contribution in [2.24, 2.45) is 11.7 Å². The normalized spacial score (nSPS) is 22.9. The summed E-state index contributed by atoms with van der Waals surface area (Å²) in [6.07, 6.45) is 9.22. The van der Waals surface area contributed by atoms with Crippen LogP contribution in [-0.4, -0.2) is 43.2 Å². The van der Waals surface area contributed by atoms with Crippen LogP contribution in [0.3, 0.4) is 0 Å². The minimum atomic E-state index is -0.681. The summed E-state index contributed by atoms with van der Waals surface area (Å²) < 4.78 is 5.30. The Morgan fingerprint density at radius 1 is 1.25 bits per heavy atom. The molecule has 1 aliphatic heterocycles. The Labute approximate surface area is 128 Å². The predicted molar refractivity (Wildman–Crippen MR) is 83.0 cm³/mol. The number of rotatable bonds is 4. The molecule has 20 heavy (non-hydrogen) atoms. The van der Waals surface area contributed by atoms with Gasteiger partial charge in [0.15, 0.2) is 0 Å². The maximum atomic E-state index is 12.4. The summed E-state index contributed by atoms with van der Waals surface area (Å²) in [5.74, 6) is 0.916. The van der Waals surface area contributed by atoms with Gasteiger partial charge in [0.2, 0.25) is 5.91 Å². The number of nitrogens with two attached hydrogens (primary N) is 1. The summed E-state index contributed by atoms with van der Waals surface area (Å²) in [5, 5.41) is 0. The van der Waals surface area contributed by atoms with Gasteiger partial charge in [-0.15, -0.1) is 12.4 Å². The monoisotopic (exact) mass is 304 g/mol. The molecular weight excluding hydrogens is 276 g/mol. The van der Waals surface area contributed by atoms with Crippen molar-refractivity contribution in [3.63, 3.8) is 0 Å². The highest BCUT2D eigenvalue weighted by atomic mass is 35.5. The van der Waals surface area contributed by atoms with Crippen LogP contribution in [0.25, 0.3) is 0 Å². The zero-order valence-electron chi connectivity index (χ0n) is 12.6. The number of amides is 1. The smallest absolute Gasteiger partial charge is 0.242 e. The molecule has 5 heteroatoms. The first kappa shape index (κ1) is 17.7. The molecule has 2 aliphatic rings. The molecule has 0 bridgehead atoms. The van der Waals surface area contributed by atoms with E-state index in [0.717, 1.165) is 18.9 Å². The van der Waals surface area contributed by atoms with Gasteiger partial charge in [-0.3, -0.25) is 4.79 Å². The molecule has 1 saturated carbocycles. The van der Waals surface area contributed by atoms with E-state index >= 15 is 0 Å². The van der Waals surface area contributed by atoms with Gasteiger partial charge < -0.3 is 15.4 Å². The van der Waals surface area contributed by atoms with Crippen LogP contribution in [0.1, 0.15) is 51.4 Å². The lowest BCUT2D eigenvalue weighted by molar-refractivity contribution is -0.139. The highest BCUT2D eigenvalue weighted by Gasteiger charge is 2.37. The molecule has 1 heterocycles. The van der Waals surface area contributed by atoms with Crippen molar-refractivity contribution in [2.75, 3.05) is 26.8 Å². The van der Waals surface area contributed by atoms with Crippen LogP contribution in [0.2, 0.25) is 0 Å². The molecule has 2 fully saturated rings. The summed E-state index contributed by atoms with van der Waals surface area (Å²) in [5.41, 5.74) is 5.56. The van der Waals surface area contributed by atoms with Crippen LogP contribution in [-0.2, 0) is 9.53 Å². The number of likely N-dealkylation sites (N-methyl/N-ethyl adjacent to an activating group) is 1. The lowest BCUT2D eigenvalue weighted by Crippen LogP contribution is -2.57. The van der Waals surface area contributed by atoms with Crippen LogP contribution >= 0.6 is 12.4 Å². The van der Waals surface area contributed by atoms with Crippen molar-refractivity contribution in [1.29, 1.82) is 0 Å². The molecule has 0 spiro atoms. The first-order chi connectivity index (χ1) is 9.12. The number of carbonyl (C=O) groups is 1. The number of halogens is 1. The molecule has 118 valence electrons. The minimum absolute atomic E-state index is 0. The largest absolute Gasteiger partial charge is 0.381 e. The highest BCUT2D eigenvalue weighted by molar-refractivity contribution is 5.86. The molecule has 2 rings (SSSR count). The summed E-state index contributed by atoms with van der Waals surface area (Å²) in [6, 6.07) is 0. The average molecular weight is 305 g/mol. The Bertz CT molecular complexity index is 300. The third-order valence-corrected chi connectivity index (χ3v) is 4.76. The molecule has 2 N–H and O–H groups in total. The summed E-state index contributed by atoms with van der Waals surface area (Å²) in [6.45, 7) is 2.07. The van der Waals surface area contributed by atoms with Gasteiger partial charge >= 0.3 is 0 Å². The van der Waals surface area contributed by atoms with E-state index in [-0.39, 0.29) is 18.3 Å². The number of hydrogen-bond acceptors (Lipinski definition) is 3.